The van der Waals surface area contributed by atoms with Crippen LogP contribution in [0.1, 0.15) is 30.9 Å². The van der Waals surface area contributed by atoms with Gasteiger partial charge in [-0.2, -0.15) is 0 Å². The summed E-state index contributed by atoms with van der Waals surface area (Å²) in [7, 11) is 0. The fraction of sp³-hybridized carbons (Fsp3) is 0.333. The number of oxime groups is 1. The van der Waals surface area contributed by atoms with Crippen molar-refractivity contribution in [1.29, 1.82) is 0 Å². The molecule has 0 atom stereocenters. The van der Waals surface area contributed by atoms with E-state index in [-0.39, 0.29) is 12.5 Å². The minimum Gasteiger partial charge on any atom is -0.484 e. The number of carbonyl (C=O) groups is 1. The van der Waals surface area contributed by atoms with Gasteiger partial charge in [-0.25, -0.2) is 0 Å². The predicted molar refractivity (Wildman–Crippen MR) is 129 cm³/mol. The van der Waals surface area contributed by atoms with Gasteiger partial charge in [0.05, 0.1) is 5.71 Å². The number of nitrogens with one attached hydrogen (secondary N) is 1. The van der Waals surface area contributed by atoms with Gasteiger partial charge in [0.25, 0.3) is 5.91 Å². The molecule has 0 unspecified atom stereocenters. The highest BCUT2D eigenvalue weighted by Gasteiger charge is 2.14. The van der Waals surface area contributed by atoms with Gasteiger partial charge in [-0.05, 0) is 77.9 Å². The molecule has 0 aliphatic carbocycles. The second-order valence-electron chi connectivity index (χ2n) is 8.30. The van der Waals surface area contributed by atoms with Crippen LogP contribution in [0.4, 0.5) is 0 Å². The highest BCUT2D eigenvalue weighted by atomic mass is 16.6. The van der Waals surface area contributed by atoms with E-state index in [2.05, 4.69) is 40.8 Å². The first-order chi connectivity index (χ1) is 16.2. The molecule has 0 spiro atoms. The van der Waals surface area contributed by atoms with Crippen LogP contribution in [0.3, 0.4) is 0 Å². The van der Waals surface area contributed by atoms with Crippen LogP contribution in [-0.4, -0.2) is 38.0 Å². The molecule has 1 saturated heterocycles. The number of fused-ring (bicyclic) bond motifs is 1. The maximum atomic E-state index is 12.0. The Morgan fingerprint density at radius 3 is 2.58 bits per heavy atom. The first-order valence-electron chi connectivity index (χ1n) is 11.4. The van der Waals surface area contributed by atoms with Gasteiger partial charge in [-0.15, -0.1) is 0 Å². The lowest BCUT2D eigenvalue weighted by molar-refractivity contribution is -0.123. The molecular formula is C27H30N2O4. The summed E-state index contributed by atoms with van der Waals surface area (Å²) in [6, 6.07) is 22.0. The quantitative estimate of drug-likeness (QED) is 0.382. The Bertz CT molecular complexity index is 1090. The number of benzene rings is 3. The molecule has 1 fully saturated rings. The van der Waals surface area contributed by atoms with Crippen LogP contribution in [0.25, 0.3) is 10.8 Å². The molecule has 1 amide bonds. The van der Waals surface area contributed by atoms with Crippen LogP contribution in [0.5, 0.6) is 5.75 Å². The van der Waals surface area contributed by atoms with E-state index in [0.29, 0.717) is 24.8 Å². The zero-order chi connectivity index (χ0) is 22.9. The first kappa shape index (κ1) is 22.8. The van der Waals surface area contributed by atoms with Crippen LogP contribution >= 0.6 is 0 Å². The standard InChI is InChI=1S/C27H30N2O4/c1-20(29-33-18-22-6-7-24-4-2-3-5-25(24)16-22)23-8-10-26(11-9-23)32-19-27(30)28-17-21-12-14-31-15-13-21/h2-11,16,21H,12-15,17-19H2,1H3,(H,28,30)/b29-20-. The lowest BCUT2D eigenvalue weighted by Crippen LogP contribution is -2.35. The molecule has 4 rings (SSSR count). The SMILES string of the molecule is C/C(=N/OCc1ccc2ccccc2c1)c1ccc(OCC(=O)NCC2CCOCC2)cc1. The summed E-state index contributed by atoms with van der Waals surface area (Å²) in [4.78, 5) is 17.6. The normalized spacial score (nSPS) is 14.8. The van der Waals surface area contributed by atoms with Gasteiger partial charge >= 0.3 is 0 Å². The number of nitrogens with zero attached hydrogens (tertiary/aromatic N) is 1. The van der Waals surface area contributed by atoms with Gasteiger partial charge in [0, 0.05) is 19.8 Å². The van der Waals surface area contributed by atoms with Gasteiger partial charge in [-0.3, -0.25) is 4.79 Å². The van der Waals surface area contributed by atoms with Crippen LogP contribution in [-0.2, 0) is 21.0 Å². The van der Waals surface area contributed by atoms with E-state index in [1.165, 1.54) is 10.8 Å². The molecule has 1 aliphatic rings. The van der Waals surface area contributed by atoms with Gasteiger partial charge in [0.2, 0.25) is 0 Å². The zero-order valence-corrected chi connectivity index (χ0v) is 19.0. The molecule has 0 radical (unpaired) electrons. The number of carbonyl (C=O) groups excluding carboxylic acids is 1. The average Bonchev–Trinajstić information content (AvgIpc) is 2.87. The molecule has 1 heterocycles. The Labute approximate surface area is 194 Å². The second kappa shape index (κ2) is 11.5. The smallest absolute Gasteiger partial charge is 0.257 e. The fourth-order valence-electron chi connectivity index (χ4n) is 3.79. The Balaban J connectivity index is 1.21. The summed E-state index contributed by atoms with van der Waals surface area (Å²) in [6.45, 7) is 4.55. The van der Waals surface area contributed by atoms with Crippen molar-refractivity contribution in [2.75, 3.05) is 26.4 Å². The van der Waals surface area contributed by atoms with Crippen molar-refractivity contribution in [3.05, 3.63) is 77.9 Å². The average molecular weight is 447 g/mol. The number of rotatable bonds is 9. The lowest BCUT2D eigenvalue weighted by atomic mass is 10.0. The van der Waals surface area contributed by atoms with Crippen molar-refractivity contribution in [1.82, 2.24) is 5.32 Å². The predicted octanol–water partition coefficient (Wildman–Crippen LogP) is 4.70. The summed E-state index contributed by atoms with van der Waals surface area (Å²) in [6.07, 6.45) is 1.99. The minimum absolute atomic E-state index is 0.00447. The molecule has 6 nitrogen and oxygen atoms in total. The van der Waals surface area contributed by atoms with Gasteiger partial charge < -0.3 is 19.6 Å². The van der Waals surface area contributed by atoms with Crippen molar-refractivity contribution in [2.24, 2.45) is 11.1 Å². The van der Waals surface area contributed by atoms with Crippen molar-refractivity contribution < 1.29 is 19.1 Å². The Morgan fingerprint density at radius 2 is 1.79 bits per heavy atom. The van der Waals surface area contributed by atoms with Crippen LogP contribution < -0.4 is 10.1 Å². The van der Waals surface area contributed by atoms with Crippen LogP contribution in [0.15, 0.2) is 71.9 Å². The van der Waals surface area contributed by atoms with Crippen molar-refractivity contribution in [2.45, 2.75) is 26.4 Å². The second-order valence-corrected chi connectivity index (χ2v) is 8.30. The van der Waals surface area contributed by atoms with Crippen molar-refractivity contribution >= 4 is 22.4 Å². The number of hydrogen-bond acceptors (Lipinski definition) is 5. The van der Waals surface area contributed by atoms with Crippen molar-refractivity contribution in [3.63, 3.8) is 0 Å². The minimum atomic E-state index is -0.106. The topological polar surface area (TPSA) is 69.2 Å². The molecule has 0 saturated carbocycles. The van der Waals surface area contributed by atoms with E-state index in [1.54, 1.807) is 0 Å². The maximum Gasteiger partial charge on any atom is 0.257 e. The molecule has 6 heteroatoms. The van der Waals surface area contributed by atoms with Gasteiger partial charge in [0.1, 0.15) is 12.4 Å². The molecule has 3 aromatic rings. The number of amides is 1. The third-order valence-electron chi connectivity index (χ3n) is 5.82. The molecule has 1 N–H and O–H groups in total. The highest BCUT2D eigenvalue weighted by molar-refractivity contribution is 5.98. The molecule has 0 bridgehead atoms. The van der Waals surface area contributed by atoms with Gasteiger partial charge in [-0.1, -0.05) is 41.6 Å². The lowest BCUT2D eigenvalue weighted by Gasteiger charge is -2.22. The number of ether oxygens (including phenoxy) is 2. The third-order valence-corrected chi connectivity index (χ3v) is 5.82. The third kappa shape index (κ3) is 6.80. The van der Waals surface area contributed by atoms with Crippen LogP contribution in [0.2, 0.25) is 0 Å². The monoisotopic (exact) mass is 446 g/mol. The molecular weight excluding hydrogens is 416 g/mol. The molecule has 0 aromatic heterocycles. The van der Waals surface area contributed by atoms with E-state index in [9.17, 15) is 4.79 Å². The molecule has 1 aliphatic heterocycles. The Morgan fingerprint density at radius 1 is 1.03 bits per heavy atom. The molecule has 172 valence electrons. The molecule has 33 heavy (non-hydrogen) atoms. The van der Waals surface area contributed by atoms with E-state index in [4.69, 9.17) is 14.3 Å². The highest BCUT2D eigenvalue weighted by Crippen LogP contribution is 2.17. The van der Waals surface area contributed by atoms with Crippen LogP contribution in [0, 0.1) is 5.92 Å². The fourth-order valence-corrected chi connectivity index (χ4v) is 3.79. The summed E-state index contributed by atoms with van der Waals surface area (Å²) in [5.41, 5.74) is 2.78. The largest absolute Gasteiger partial charge is 0.484 e. The Hall–Kier alpha value is -3.38. The Kier molecular flexibility index (Phi) is 7.93. The van der Waals surface area contributed by atoms with Gasteiger partial charge in [0.15, 0.2) is 6.61 Å². The van der Waals surface area contributed by atoms with E-state index in [0.717, 1.165) is 42.9 Å². The van der Waals surface area contributed by atoms with E-state index in [1.807, 2.05) is 43.3 Å². The number of hydrogen-bond donors (Lipinski definition) is 1. The zero-order valence-electron chi connectivity index (χ0n) is 19.0. The van der Waals surface area contributed by atoms with Crippen molar-refractivity contribution in [3.8, 4) is 5.75 Å². The van der Waals surface area contributed by atoms with E-state index < -0.39 is 0 Å². The summed E-state index contributed by atoms with van der Waals surface area (Å²) < 4.78 is 10.9. The van der Waals surface area contributed by atoms with E-state index >= 15 is 0 Å². The first-order valence-corrected chi connectivity index (χ1v) is 11.4. The summed E-state index contributed by atoms with van der Waals surface area (Å²) >= 11 is 0. The summed E-state index contributed by atoms with van der Waals surface area (Å²) in [5.74, 6) is 1.03. The summed E-state index contributed by atoms with van der Waals surface area (Å²) in [5, 5.41) is 9.58. The maximum absolute atomic E-state index is 12.0. The molecule has 3 aromatic carbocycles.